The first-order chi connectivity index (χ1) is 10.0. The van der Waals surface area contributed by atoms with Gasteiger partial charge in [0.25, 0.3) is 0 Å². The number of benzene rings is 2. The molecule has 0 saturated heterocycles. The Hall–Kier alpha value is -2.22. The van der Waals surface area contributed by atoms with Crippen molar-refractivity contribution in [2.24, 2.45) is 0 Å². The summed E-state index contributed by atoms with van der Waals surface area (Å²) in [6.07, 6.45) is 3.88. The van der Waals surface area contributed by atoms with Gasteiger partial charge in [0.15, 0.2) is 5.71 Å². The highest BCUT2D eigenvalue weighted by molar-refractivity contribution is 6.05. The van der Waals surface area contributed by atoms with Crippen molar-refractivity contribution in [2.75, 3.05) is 7.05 Å². The van der Waals surface area contributed by atoms with E-state index in [0.717, 1.165) is 0 Å². The van der Waals surface area contributed by atoms with Gasteiger partial charge in [-0.3, -0.25) is 0 Å². The minimum absolute atomic E-state index is 0.0763. The molecule has 1 aliphatic rings. The van der Waals surface area contributed by atoms with Crippen LogP contribution in [0.4, 0.5) is 10.1 Å². The summed E-state index contributed by atoms with van der Waals surface area (Å²) in [5.41, 5.74) is 4.24. The molecule has 106 valence electrons. The number of rotatable bonds is 2. The van der Waals surface area contributed by atoms with E-state index in [1.165, 1.54) is 23.0 Å². The van der Waals surface area contributed by atoms with Gasteiger partial charge in [0, 0.05) is 23.3 Å². The number of allylic oxidation sites excluding steroid dienone is 1. The second kappa shape index (κ2) is 4.96. The maximum absolute atomic E-state index is 13.7. The molecule has 2 heteroatoms. The number of hydrogen-bond donors (Lipinski definition) is 0. The Balaban J connectivity index is 2.04. The summed E-state index contributed by atoms with van der Waals surface area (Å²) in [5.74, 6) is -0.190. The van der Waals surface area contributed by atoms with Gasteiger partial charge in [-0.25, -0.2) is 4.39 Å². The third-order valence-corrected chi connectivity index (χ3v) is 4.27. The molecule has 1 aliphatic heterocycles. The van der Waals surface area contributed by atoms with Crippen molar-refractivity contribution in [3.63, 3.8) is 0 Å². The van der Waals surface area contributed by atoms with Crippen molar-refractivity contribution >= 4 is 17.5 Å². The van der Waals surface area contributed by atoms with Crippen molar-refractivity contribution in [3.8, 4) is 0 Å². The lowest BCUT2D eigenvalue weighted by Gasteiger charge is -2.15. The molecule has 0 spiro atoms. The molecular weight excluding hydrogens is 261 g/mol. The molecule has 0 unspecified atom stereocenters. The predicted octanol–water partition coefficient (Wildman–Crippen LogP) is 4.55. The average Bonchev–Trinajstić information content (AvgIpc) is 2.67. The summed E-state index contributed by atoms with van der Waals surface area (Å²) < 4.78 is 15.9. The van der Waals surface area contributed by atoms with Crippen LogP contribution in [0.1, 0.15) is 25.0 Å². The quantitative estimate of drug-likeness (QED) is 0.710. The summed E-state index contributed by atoms with van der Waals surface area (Å²) in [4.78, 5) is 0. The Morgan fingerprint density at radius 3 is 2.33 bits per heavy atom. The summed E-state index contributed by atoms with van der Waals surface area (Å²) in [6.45, 7) is 4.41. The standard InChI is InChI=1S/C19H19FN/c1-19(2)15-9-5-7-11-17(15)21(3)18(19)13-12-14-8-4-6-10-16(14)20/h4-13H,1-3H3/q+1. The molecule has 1 heterocycles. The number of halogens is 1. The molecular formula is C19H19FN+. The van der Waals surface area contributed by atoms with E-state index in [1.807, 2.05) is 18.2 Å². The van der Waals surface area contributed by atoms with Crippen LogP contribution in [0.15, 0.2) is 54.6 Å². The second-order valence-corrected chi connectivity index (χ2v) is 5.94. The van der Waals surface area contributed by atoms with Crippen molar-refractivity contribution in [2.45, 2.75) is 19.3 Å². The highest BCUT2D eigenvalue weighted by Gasteiger charge is 2.42. The summed E-state index contributed by atoms with van der Waals surface area (Å²) in [5, 5.41) is 0. The highest BCUT2D eigenvalue weighted by atomic mass is 19.1. The molecule has 3 rings (SSSR count). The molecule has 21 heavy (non-hydrogen) atoms. The number of nitrogens with zero attached hydrogens (tertiary/aromatic N) is 1. The molecule has 2 aromatic rings. The van der Waals surface area contributed by atoms with E-state index in [1.54, 1.807) is 12.1 Å². The highest BCUT2D eigenvalue weighted by Crippen LogP contribution is 2.39. The smallest absolute Gasteiger partial charge is 0.206 e. The van der Waals surface area contributed by atoms with Crippen LogP contribution in [0.3, 0.4) is 0 Å². The van der Waals surface area contributed by atoms with Crippen LogP contribution in [0.5, 0.6) is 0 Å². The van der Waals surface area contributed by atoms with Crippen LogP contribution >= 0.6 is 0 Å². The topological polar surface area (TPSA) is 3.01 Å². The molecule has 0 bridgehead atoms. The van der Waals surface area contributed by atoms with Crippen LogP contribution in [-0.2, 0) is 5.41 Å². The van der Waals surface area contributed by atoms with Crippen molar-refractivity contribution in [1.82, 2.24) is 0 Å². The van der Waals surface area contributed by atoms with Crippen LogP contribution in [0, 0.1) is 5.82 Å². The first-order valence-corrected chi connectivity index (χ1v) is 7.15. The maximum atomic E-state index is 13.7. The van der Waals surface area contributed by atoms with E-state index in [0.29, 0.717) is 5.56 Å². The fourth-order valence-electron chi connectivity index (χ4n) is 3.08. The van der Waals surface area contributed by atoms with E-state index < -0.39 is 0 Å². The van der Waals surface area contributed by atoms with Crippen molar-refractivity contribution in [3.05, 3.63) is 71.6 Å². The Morgan fingerprint density at radius 2 is 1.62 bits per heavy atom. The van der Waals surface area contributed by atoms with Crippen LogP contribution in [0.2, 0.25) is 0 Å². The monoisotopic (exact) mass is 280 g/mol. The Bertz CT molecular complexity index is 754. The molecule has 0 saturated carbocycles. The van der Waals surface area contributed by atoms with Crippen LogP contribution in [-0.4, -0.2) is 17.3 Å². The molecule has 0 amide bonds. The molecule has 1 nitrogen and oxygen atoms in total. The fraction of sp³-hybridized carbons (Fsp3) is 0.211. The second-order valence-electron chi connectivity index (χ2n) is 5.94. The van der Waals surface area contributed by atoms with Gasteiger partial charge in [0.1, 0.15) is 12.9 Å². The molecule has 0 aromatic heterocycles. The fourth-order valence-corrected chi connectivity index (χ4v) is 3.08. The zero-order valence-electron chi connectivity index (χ0n) is 12.6. The molecule has 2 aromatic carbocycles. The lowest BCUT2D eigenvalue weighted by atomic mass is 9.81. The minimum atomic E-state index is -0.190. The van der Waals surface area contributed by atoms with Gasteiger partial charge < -0.3 is 0 Å². The normalized spacial score (nSPS) is 16.6. The van der Waals surface area contributed by atoms with Gasteiger partial charge in [0.05, 0.1) is 5.41 Å². The largest absolute Gasteiger partial charge is 0.209 e. The first-order valence-electron chi connectivity index (χ1n) is 7.15. The van der Waals surface area contributed by atoms with E-state index in [4.69, 9.17) is 0 Å². The Labute approximate surface area is 125 Å². The zero-order valence-corrected chi connectivity index (χ0v) is 12.6. The summed E-state index contributed by atoms with van der Waals surface area (Å²) in [7, 11) is 2.06. The van der Waals surface area contributed by atoms with Crippen LogP contribution in [0.25, 0.3) is 6.08 Å². The molecule has 0 atom stereocenters. The van der Waals surface area contributed by atoms with Gasteiger partial charge in [-0.05, 0) is 26.0 Å². The molecule has 0 aliphatic carbocycles. The lowest BCUT2D eigenvalue weighted by Crippen LogP contribution is -2.26. The minimum Gasteiger partial charge on any atom is -0.206 e. The van der Waals surface area contributed by atoms with Crippen molar-refractivity contribution in [1.29, 1.82) is 0 Å². The van der Waals surface area contributed by atoms with E-state index in [2.05, 4.69) is 49.7 Å². The van der Waals surface area contributed by atoms with E-state index >= 15 is 0 Å². The number of fused-ring (bicyclic) bond motifs is 1. The molecule has 0 N–H and O–H groups in total. The van der Waals surface area contributed by atoms with Gasteiger partial charge in [-0.15, -0.1) is 0 Å². The van der Waals surface area contributed by atoms with E-state index in [9.17, 15) is 4.39 Å². The van der Waals surface area contributed by atoms with Gasteiger partial charge >= 0.3 is 0 Å². The number of hydrogen-bond acceptors (Lipinski definition) is 0. The van der Waals surface area contributed by atoms with E-state index in [-0.39, 0.29) is 11.2 Å². The first kappa shape index (κ1) is 13.7. The van der Waals surface area contributed by atoms with Gasteiger partial charge in [-0.1, -0.05) is 36.4 Å². The average molecular weight is 280 g/mol. The third kappa shape index (κ3) is 2.21. The molecule has 0 radical (unpaired) electrons. The predicted molar refractivity (Wildman–Crippen MR) is 85.8 cm³/mol. The summed E-state index contributed by atoms with van der Waals surface area (Å²) in [6, 6.07) is 15.3. The Kier molecular flexibility index (Phi) is 3.25. The Morgan fingerprint density at radius 1 is 0.952 bits per heavy atom. The maximum Gasteiger partial charge on any atom is 0.209 e. The molecule has 0 fully saturated rings. The van der Waals surface area contributed by atoms with Crippen LogP contribution < -0.4 is 0 Å². The van der Waals surface area contributed by atoms with Crippen molar-refractivity contribution < 1.29 is 8.97 Å². The SMILES string of the molecule is C[N+]1=C(C=Cc2ccccc2F)C(C)(C)c2ccccc21. The lowest BCUT2D eigenvalue weighted by molar-refractivity contribution is -0.401. The number of para-hydroxylation sites is 1. The summed E-state index contributed by atoms with van der Waals surface area (Å²) >= 11 is 0. The third-order valence-electron chi connectivity index (χ3n) is 4.27. The van der Waals surface area contributed by atoms with Gasteiger partial charge in [0.2, 0.25) is 5.69 Å². The zero-order chi connectivity index (χ0) is 15.0. The van der Waals surface area contributed by atoms with Gasteiger partial charge in [-0.2, -0.15) is 4.58 Å².